The van der Waals surface area contributed by atoms with Crippen molar-refractivity contribution in [1.29, 1.82) is 0 Å². The summed E-state index contributed by atoms with van der Waals surface area (Å²) in [7, 11) is -2.98. The van der Waals surface area contributed by atoms with Crippen LogP contribution in [0.4, 0.5) is 0 Å². The van der Waals surface area contributed by atoms with Crippen LogP contribution in [0.15, 0.2) is 16.1 Å². The molecule has 0 fully saturated rings. The molecule has 0 bridgehead atoms. The van der Waals surface area contributed by atoms with Crippen molar-refractivity contribution in [1.82, 2.24) is 0 Å². The molecule has 0 radical (unpaired) electrons. The van der Waals surface area contributed by atoms with Crippen LogP contribution in [0, 0.1) is 0 Å². The smallest absolute Gasteiger partial charge is 0.173 e. The zero-order chi connectivity index (χ0) is 7.61. The Hall–Kier alpha value is -0.640. The minimum Gasteiger partial charge on any atom is -0.268 e. The monoisotopic (exact) mass is 159 g/mol. The van der Waals surface area contributed by atoms with Crippen molar-refractivity contribution in [2.45, 2.75) is 12.8 Å². The van der Waals surface area contributed by atoms with Crippen molar-refractivity contribution >= 4 is 16.1 Å². The van der Waals surface area contributed by atoms with Gasteiger partial charge in [-0.15, -0.1) is 0 Å². The predicted molar refractivity (Wildman–Crippen MR) is 40.7 cm³/mol. The van der Waals surface area contributed by atoms with Gasteiger partial charge in [0.1, 0.15) is 0 Å². The van der Waals surface area contributed by atoms with Gasteiger partial charge in [0.2, 0.25) is 0 Å². The number of sulfone groups is 1. The van der Waals surface area contributed by atoms with Gasteiger partial charge < -0.3 is 0 Å². The van der Waals surface area contributed by atoms with Gasteiger partial charge in [-0.2, -0.15) is 0 Å². The third-order valence-corrected chi connectivity index (χ3v) is 2.58. The van der Waals surface area contributed by atoms with E-state index in [1.165, 1.54) is 12.5 Å². The molecule has 0 spiro atoms. The molecule has 0 amide bonds. The van der Waals surface area contributed by atoms with Crippen molar-refractivity contribution in [3.8, 4) is 0 Å². The summed E-state index contributed by atoms with van der Waals surface area (Å²) >= 11 is 0. The molecule has 1 aliphatic heterocycles. The van der Waals surface area contributed by atoms with E-state index in [9.17, 15) is 8.42 Å². The second-order valence-corrected chi connectivity index (χ2v) is 4.31. The lowest BCUT2D eigenvalue weighted by atomic mass is 10.3. The highest BCUT2D eigenvalue weighted by molar-refractivity contribution is 7.94. The van der Waals surface area contributed by atoms with E-state index in [2.05, 4.69) is 4.99 Å². The molecule has 0 atom stereocenters. The Kier molecular flexibility index (Phi) is 1.89. The van der Waals surface area contributed by atoms with E-state index < -0.39 is 9.84 Å². The first kappa shape index (κ1) is 7.47. The summed E-state index contributed by atoms with van der Waals surface area (Å²) in [5, 5.41) is 0. The molecule has 56 valence electrons. The van der Waals surface area contributed by atoms with E-state index >= 15 is 0 Å². The van der Waals surface area contributed by atoms with Crippen LogP contribution in [0.25, 0.3) is 0 Å². The zero-order valence-corrected chi connectivity index (χ0v) is 6.56. The molecule has 10 heavy (non-hydrogen) atoms. The van der Waals surface area contributed by atoms with Gasteiger partial charge in [0.25, 0.3) is 0 Å². The minimum absolute atomic E-state index is 0.440. The molecule has 1 rings (SSSR count). The van der Waals surface area contributed by atoms with Crippen molar-refractivity contribution in [3.63, 3.8) is 0 Å². The normalized spacial score (nSPS) is 18.7. The molecular formula is C6H9NO2S. The molecular weight excluding hydrogens is 150 g/mol. The number of aliphatic imine (C=N–C) groups is 1. The standard InChI is InChI=1S/C6H9NO2S/c1-10(8,9)6-3-2-4-7-5-6/h4-5H,2-3H2,1H3. The van der Waals surface area contributed by atoms with E-state index in [0.717, 1.165) is 6.42 Å². The molecule has 0 saturated carbocycles. The maximum Gasteiger partial charge on any atom is 0.173 e. The molecule has 0 N–H and O–H groups in total. The first-order valence-electron chi connectivity index (χ1n) is 3.01. The van der Waals surface area contributed by atoms with E-state index in [1.54, 1.807) is 6.21 Å². The molecule has 1 heterocycles. The summed E-state index contributed by atoms with van der Waals surface area (Å²) in [6.07, 6.45) is 5.68. The maximum absolute atomic E-state index is 10.8. The lowest BCUT2D eigenvalue weighted by molar-refractivity contribution is 0.605. The van der Waals surface area contributed by atoms with Gasteiger partial charge in [0.15, 0.2) is 9.84 Å². The Balaban J connectivity index is 2.93. The average Bonchev–Trinajstić information content (AvgIpc) is 1.88. The number of hydrogen-bond acceptors (Lipinski definition) is 3. The summed E-state index contributed by atoms with van der Waals surface area (Å²) in [6, 6.07) is 0. The number of allylic oxidation sites excluding steroid dienone is 1. The summed E-state index contributed by atoms with van der Waals surface area (Å²) in [4.78, 5) is 4.20. The molecule has 0 aromatic carbocycles. The fourth-order valence-electron chi connectivity index (χ4n) is 0.763. The Labute approximate surface area is 60.4 Å². The van der Waals surface area contributed by atoms with Crippen LogP contribution in [-0.4, -0.2) is 20.9 Å². The van der Waals surface area contributed by atoms with Gasteiger partial charge in [-0.25, -0.2) is 8.42 Å². The van der Waals surface area contributed by atoms with Gasteiger partial charge in [0, 0.05) is 18.7 Å². The summed E-state index contributed by atoms with van der Waals surface area (Å²) < 4.78 is 21.7. The Morgan fingerprint density at radius 2 is 2.30 bits per heavy atom. The van der Waals surface area contributed by atoms with Crippen LogP contribution in [0.1, 0.15) is 12.8 Å². The van der Waals surface area contributed by atoms with Crippen molar-refractivity contribution in [2.75, 3.05) is 6.26 Å². The Bertz CT molecular complexity index is 274. The molecule has 0 aromatic rings. The van der Waals surface area contributed by atoms with Crippen molar-refractivity contribution in [3.05, 3.63) is 11.1 Å². The van der Waals surface area contributed by atoms with Crippen molar-refractivity contribution in [2.24, 2.45) is 4.99 Å². The van der Waals surface area contributed by atoms with Gasteiger partial charge in [-0.1, -0.05) is 0 Å². The third kappa shape index (κ3) is 1.67. The Morgan fingerprint density at radius 1 is 1.60 bits per heavy atom. The molecule has 4 heteroatoms. The lowest BCUT2D eigenvalue weighted by Gasteiger charge is -2.03. The number of hydrogen-bond donors (Lipinski definition) is 0. The molecule has 0 aliphatic carbocycles. The molecule has 0 unspecified atom stereocenters. The highest BCUT2D eigenvalue weighted by Crippen LogP contribution is 2.14. The van der Waals surface area contributed by atoms with Crippen LogP contribution in [0.3, 0.4) is 0 Å². The largest absolute Gasteiger partial charge is 0.268 e. The molecule has 0 saturated heterocycles. The average molecular weight is 159 g/mol. The summed E-state index contributed by atoms with van der Waals surface area (Å²) in [6.45, 7) is 0. The zero-order valence-electron chi connectivity index (χ0n) is 5.74. The fraction of sp³-hybridized carbons (Fsp3) is 0.500. The van der Waals surface area contributed by atoms with Gasteiger partial charge in [-0.05, 0) is 12.8 Å². The van der Waals surface area contributed by atoms with Gasteiger partial charge >= 0.3 is 0 Å². The third-order valence-electron chi connectivity index (χ3n) is 1.32. The van der Waals surface area contributed by atoms with Crippen LogP contribution in [-0.2, 0) is 9.84 Å². The van der Waals surface area contributed by atoms with Crippen LogP contribution >= 0.6 is 0 Å². The van der Waals surface area contributed by atoms with E-state index in [0.29, 0.717) is 11.3 Å². The first-order valence-corrected chi connectivity index (χ1v) is 4.90. The minimum atomic E-state index is -2.98. The number of rotatable bonds is 1. The van der Waals surface area contributed by atoms with E-state index in [1.807, 2.05) is 0 Å². The number of nitrogens with zero attached hydrogens (tertiary/aromatic N) is 1. The van der Waals surface area contributed by atoms with Crippen LogP contribution in [0.5, 0.6) is 0 Å². The second kappa shape index (κ2) is 2.54. The van der Waals surface area contributed by atoms with Crippen LogP contribution < -0.4 is 0 Å². The highest BCUT2D eigenvalue weighted by atomic mass is 32.2. The molecule has 1 aliphatic rings. The van der Waals surface area contributed by atoms with Crippen LogP contribution in [0.2, 0.25) is 0 Å². The van der Waals surface area contributed by atoms with E-state index in [-0.39, 0.29) is 0 Å². The lowest BCUT2D eigenvalue weighted by Crippen LogP contribution is -2.03. The first-order chi connectivity index (χ1) is 4.61. The SMILES string of the molecule is CS(=O)(=O)C1=CN=CCC1. The summed E-state index contributed by atoms with van der Waals surface area (Å²) in [5.41, 5.74) is 0. The maximum atomic E-state index is 10.8. The van der Waals surface area contributed by atoms with Gasteiger partial charge in [0.05, 0.1) is 4.91 Å². The molecule has 0 aromatic heterocycles. The Morgan fingerprint density at radius 3 is 2.60 bits per heavy atom. The molecule has 3 nitrogen and oxygen atoms in total. The summed E-state index contributed by atoms with van der Waals surface area (Å²) in [5.74, 6) is 0. The van der Waals surface area contributed by atoms with E-state index in [4.69, 9.17) is 0 Å². The topological polar surface area (TPSA) is 46.5 Å². The van der Waals surface area contributed by atoms with Gasteiger partial charge in [-0.3, -0.25) is 4.99 Å². The quantitative estimate of drug-likeness (QED) is 0.566. The van der Waals surface area contributed by atoms with Crippen molar-refractivity contribution < 1.29 is 8.42 Å². The predicted octanol–water partition coefficient (Wildman–Crippen LogP) is 0.737. The second-order valence-electron chi connectivity index (χ2n) is 2.24. The highest BCUT2D eigenvalue weighted by Gasteiger charge is 2.11. The fourth-order valence-corrected chi connectivity index (χ4v) is 1.50.